The van der Waals surface area contributed by atoms with Crippen molar-refractivity contribution < 1.29 is 9.21 Å². The maximum atomic E-state index is 12.1. The molecule has 0 aliphatic carbocycles. The predicted octanol–water partition coefficient (Wildman–Crippen LogP) is 3.52. The maximum Gasteiger partial charge on any atom is 0.258 e. The van der Waals surface area contributed by atoms with Crippen molar-refractivity contribution in [3.8, 4) is 0 Å². The van der Waals surface area contributed by atoms with Crippen LogP contribution in [0, 0.1) is 0 Å². The normalized spacial score (nSPS) is 15.1. The number of furan rings is 1. The smallest absolute Gasteiger partial charge is 0.258 e. The minimum Gasteiger partial charge on any atom is -0.472 e. The van der Waals surface area contributed by atoms with Crippen molar-refractivity contribution in [1.82, 2.24) is 0 Å². The molecule has 0 bridgehead atoms. The summed E-state index contributed by atoms with van der Waals surface area (Å²) in [5.74, 6) is -0.136. The number of anilines is 2. The van der Waals surface area contributed by atoms with E-state index in [2.05, 4.69) is 16.3 Å². The van der Waals surface area contributed by atoms with Gasteiger partial charge in [0.25, 0.3) is 5.91 Å². The van der Waals surface area contributed by atoms with E-state index in [9.17, 15) is 4.79 Å². The molecule has 20 heavy (non-hydrogen) atoms. The number of carbonyl (C=O) groups is 1. The summed E-state index contributed by atoms with van der Waals surface area (Å²) in [4.78, 5) is 14.5. The molecule has 1 saturated heterocycles. The van der Waals surface area contributed by atoms with Gasteiger partial charge in [-0.05, 0) is 37.5 Å². The zero-order valence-electron chi connectivity index (χ0n) is 11.3. The molecule has 0 radical (unpaired) electrons. The Kier molecular flexibility index (Phi) is 3.72. The Balaban J connectivity index is 1.80. The summed E-state index contributed by atoms with van der Waals surface area (Å²) in [7, 11) is 0. The van der Waals surface area contributed by atoms with E-state index in [4.69, 9.17) is 4.42 Å². The van der Waals surface area contributed by atoms with Crippen LogP contribution in [-0.4, -0.2) is 19.0 Å². The van der Waals surface area contributed by atoms with Gasteiger partial charge in [-0.1, -0.05) is 12.1 Å². The van der Waals surface area contributed by atoms with Crippen molar-refractivity contribution >= 4 is 17.3 Å². The Hall–Kier alpha value is -2.23. The average molecular weight is 270 g/mol. The van der Waals surface area contributed by atoms with Crippen molar-refractivity contribution in [2.75, 3.05) is 23.3 Å². The number of carbonyl (C=O) groups excluding carboxylic acids is 1. The molecular formula is C16H18N2O2. The molecule has 104 valence electrons. The van der Waals surface area contributed by atoms with Crippen LogP contribution < -0.4 is 10.2 Å². The standard InChI is InChI=1S/C16H18N2O2/c19-16(13-8-11-20-12-13)17-14-6-2-3-7-15(14)18-9-4-1-5-10-18/h2-3,6-8,11-12H,1,4-5,9-10H2,(H,17,19). The van der Waals surface area contributed by atoms with E-state index in [-0.39, 0.29) is 5.91 Å². The zero-order chi connectivity index (χ0) is 13.8. The molecule has 0 spiro atoms. The topological polar surface area (TPSA) is 45.5 Å². The van der Waals surface area contributed by atoms with Gasteiger partial charge in [0, 0.05) is 13.1 Å². The summed E-state index contributed by atoms with van der Waals surface area (Å²) in [5, 5.41) is 2.97. The second-order valence-corrected chi connectivity index (χ2v) is 5.03. The summed E-state index contributed by atoms with van der Waals surface area (Å²) < 4.78 is 4.95. The molecule has 1 fully saturated rings. The SMILES string of the molecule is O=C(Nc1ccccc1N1CCCCC1)c1ccoc1. The number of nitrogens with zero attached hydrogens (tertiary/aromatic N) is 1. The number of amides is 1. The van der Waals surface area contributed by atoms with Gasteiger partial charge in [0.1, 0.15) is 6.26 Å². The summed E-state index contributed by atoms with van der Waals surface area (Å²) in [6.45, 7) is 2.11. The van der Waals surface area contributed by atoms with E-state index in [1.165, 1.54) is 31.8 Å². The first kappa shape index (κ1) is 12.8. The van der Waals surface area contributed by atoms with E-state index < -0.39 is 0 Å². The lowest BCUT2D eigenvalue weighted by Crippen LogP contribution is -2.30. The molecular weight excluding hydrogens is 252 g/mol. The largest absolute Gasteiger partial charge is 0.472 e. The Morgan fingerprint density at radius 3 is 2.65 bits per heavy atom. The first-order valence-corrected chi connectivity index (χ1v) is 7.02. The zero-order valence-corrected chi connectivity index (χ0v) is 11.3. The third kappa shape index (κ3) is 2.69. The Labute approximate surface area is 118 Å². The molecule has 0 atom stereocenters. The quantitative estimate of drug-likeness (QED) is 0.928. The fraction of sp³-hybridized carbons (Fsp3) is 0.312. The van der Waals surface area contributed by atoms with Crippen LogP contribution in [0.25, 0.3) is 0 Å². The van der Waals surface area contributed by atoms with Gasteiger partial charge in [-0.15, -0.1) is 0 Å². The third-order valence-corrected chi connectivity index (χ3v) is 3.63. The number of rotatable bonds is 3. The number of hydrogen-bond donors (Lipinski definition) is 1. The lowest BCUT2D eigenvalue weighted by atomic mass is 10.1. The van der Waals surface area contributed by atoms with E-state index in [1.807, 2.05) is 18.2 Å². The fourth-order valence-electron chi connectivity index (χ4n) is 2.58. The lowest BCUT2D eigenvalue weighted by Gasteiger charge is -2.30. The highest BCUT2D eigenvalue weighted by atomic mass is 16.3. The van der Waals surface area contributed by atoms with Crippen LogP contribution in [0.1, 0.15) is 29.6 Å². The van der Waals surface area contributed by atoms with Crippen LogP contribution in [0.2, 0.25) is 0 Å². The maximum absolute atomic E-state index is 12.1. The molecule has 1 aromatic heterocycles. The van der Waals surface area contributed by atoms with Crippen molar-refractivity contribution in [2.45, 2.75) is 19.3 Å². The highest BCUT2D eigenvalue weighted by Crippen LogP contribution is 2.28. The van der Waals surface area contributed by atoms with Gasteiger partial charge in [0.2, 0.25) is 0 Å². The molecule has 1 aliphatic heterocycles. The van der Waals surface area contributed by atoms with E-state index in [0.717, 1.165) is 24.5 Å². The van der Waals surface area contributed by atoms with Crippen LogP contribution in [0.4, 0.5) is 11.4 Å². The third-order valence-electron chi connectivity index (χ3n) is 3.63. The summed E-state index contributed by atoms with van der Waals surface area (Å²) >= 11 is 0. The lowest BCUT2D eigenvalue weighted by molar-refractivity contribution is 0.102. The van der Waals surface area contributed by atoms with Gasteiger partial charge < -0.3 is 14.6 Å². The van der Waals surface area contributed by atoms with Gasteiger partial charge in [0.15, 0.2) is 0 Å². The van der Waals surface area contributed by atoms with Crippen LogP contribution in [0.15, 0.2) is 47.3 Å². The molecule has 2 heterocycles. The minimum atomic E-state index is -0.136. The summed E-state index contributed by atoms with van der Waals surface area (Å²) in [5.41, 5.74) is 2.50. The second-order valence-electron chi connectivity index (χ2n) is 5.03. The van der Waals surface area contributed by atoms with Crippen LogP contribution in [0.3, 0.4) is 0 Å². The molecule has 4 nitrogen and oxygen atoms in total. The van der Waals surface area contributed by atoms with Crippen LogP contribution in [0.5, 0.6) is 0 Å². The van der Waals surface area contributed by atoms with Crippen molar-refractivity contribution in [2.24, 2.45) is 0 Å². The van der Waals surface area contributed by atoms with E-state index in [1.54, 1.807) is 6.07 Å². The van der Waals surface area contributed by atoms with E-state index >= 15 is 0 Å². The van der Waals surface area contributed by atoms with E-state index in [0.29, 0.717) is 5.56 Å². The molecule has 3 rings (SSSR count). The predicted molar refractivity (Wildman–Crippen MR) is 79.2 cm³/mol. The first-order valence-electron chi connectivity index (χ1n) is 7.02. The molecule has 0 unspecified atom stereocenters. The highest BCUT2D eigenvalue weighted by molar-refractivity contribution is 6.05. The monoisotopic (exact) mass is 270 g/mol. The van der Waals surface area contributed by atoms with Crippen molar-refractivity contribution in [1.29, 1.82) is 0 Å². The molecule has 1 aliphatic rings. The Morgan fingerprint density at radius 2 is 1.90 bits per heavy atom. The van der Waals surface area contributed by atoms with Crippen molar-refractivity contribution in [3.05, 3.63) is 48.4 Å². The number of nitrogens with one attached hydrogen (secondary N) is 1. The fourth-order valence-corrected chi connectivity index (χ4v) is 2.58. The molecule has 1 N–H and O–H groups in total. The first-order chi connectivity index (χ1) is 9.84. The number of piperidine rings is 1. The summed E-state index contributed by atoms with van der Waals surface area (Å²) in [6, 6.07) is 9.63. The van der Waals surface area contributed by atoms with Gasteiger partial charge in [-0.25, -0.2) is 0 Å². The van der Waals surface area contributed by atoms with Gasteiger partial charge in [-0.3, -0.25) is 4.79 Å². The van der Waals surface area contributed by atoms with Gasteiger partial charge in [-0.2, -0.15) is 0 Å². The Morgan fingerprint density at radius 1 is 1.10 bits per heavy atom. The molecule has 1 aromatic carbocycles. The number of para-hydroxylation sites is 2. The molecule has 0 saturated carbocycles. The average Bonchev–Trinajstić information content (AvgIpc) is 3.03. The highest BCUT2D eigenvalue weighted by Gasteiger charge is 2.16. The molecule has 1 amide bonds. The van der Waals surface area contributed by atoms with Crippen molar-refractivity contribution in [3.63, 3.8) is 0 Å². The molecule has 2 aromatic rings. The minimum absolute atomic E-state index is 0.136. The van der Waals surface area contributed by atoms with Crippen LogP contribution in [-0.2, 0) is 0 Å². The Bertz CT molecular complexity index is 572. The number of hydrogen-bond acceptors (Lipinski definition) is 3. The summed E-state index contributed by atoms with van der Waals surface area (Å²) in [6.07, 6.45) is 6.68. The van der Waals surface area contributed by atoms with Crippen LogP contribution >= 0.6 is 0 Å². The molecule has 4 heteroatoms. The van der Waals surface area contributed by atoms with Gasteiger partial charge in [0.05, 0.1) is 23.2 Å². The van der Waals surface area contributed by atoms with Gasteiger partial charge >= 0.3 is 0 Å². The number of benzene rings is 1. The second kappa shape index (κ2) is 5.82.